The summed E-state index contributed by atoms with van der Waals surface area (Å²) in [6.45, 7) is 4.43. The van der Waals surface area contributed by atoms with Crippen LogP contribution < -0.4 is 0 Å². The molecule has 0 aliphatic carbocycles. The standard InChI is InChI=1S/C34H35N/c1-3-5-7-9-11-13-21-27-32-31(26-16-12-10-8-6-4-2)28-33(29-22-17-14-18-23-29)35-34(32)30-24-19-15-20-25-30/h14-15,17-20,22-25,28H,3-10,26H2,1-2H3. The van der Waals surface area contributed by atoms with Gasteiger partial charge in [-0.2, -0.15) is 0 Å². The number of nitrogens with zero attached hydrogens (tertiary/aromatic N) is 1. The first-order chi connectivity index (χ1) is 17.3. The van der Waals surface area contributed by atoms with Crippen LogP contribution in [0.25, 0.3) is 22.5 Å². The second kappa shape index (κ2) is 15.2. The minimum Gasteiger partial charge on any atom is -0.246 e. The molecule has 0 spiro atoms. The average molecular weight is 458 g/mol. The predicted molar refractivity (Wildman–Crippen MR) is 150 cm³/mol. The SMILES string of the molecule is CCCCCC#CC#Cc1c(CC#CCCCCC)cc(-c2ccccc2)nc1-c1ccccc1. The molecule has 0 saturated carbocycles. The minimum atomic E-state index is 0.655. The summed E-state index contributed by atoms with van der Waals surface area (Å²) in [5, 5.41) is 0. The Kier molecular flexibility index (Phi) is 11.3. The molecular weight excluding hydrogens is 422 g/mol. The molecule has 35 heavy (non-hydrogen) atoms. The molecule has 1 aromatic heterocycles. The van der Waals surface area contributed by atoms with Crippen molar-refractivity contribution in [2.75, 3.05) is 0 Å². The normalized spacial score (nSPS) is 9.77. The summed E-state index contributed by atoms with van der Waals surface area (Å²) in [4.78, 5) is 5.08. The van der Waals surface area contributed by atoms with Gasteiger partial charge in [-0.25, -0.2) is 4.98 Å². The molecule has 2 aromatic carbocycles. The molecule has 3 aromatic rings. The largest absolute Gasteiger partial charge is 0.246 e. The van der Waals surface area contributed by atoms with E-state index in [2.05, 4.69) is 79.7 Å². The molecule has 0 atom stereocenters. The lowest BCUT2D eigenvalue weighted by Crippen LogP contribution is -1.99. The van der Waals surface area contributed by atoms with Crippen molar-refractivity contribution in [3.8, 4) is 58.0 Å². The molecule has 0 saturated heterocycles. The van der Waals surface area contributed by atoms with Gasteiger partial charge in [0.2, 0.25) is 0 Å². The van der Waals surface area contributed by atoms with Crippen molar-refractivity contribution in [1.82, 2.24) is 4.98 Å². The molecule has 1 heterocycles. The second-order valence-corrected chi connectivity index (χ2v) is 8.62. The Bertz CT molecular complexity index is 1240. The Balaban J connectivity index is 2.04. The third-order valence-electron chi connectivity index (χ3n) is 5.77. The molecule has 0 bridgehead atoms. The van der Waals surface area contributed by atoms with E-state index in [9.17, 15) is 0 Å². The Labute approximate surface area is 212 Å². The lowest BCUT2D eigenvalue weighted by atomic mass is 9.96. The number of aromatic nitrogens is 1. The van der Waals surface area contributed by atoms with Gasteiger partial charge < -0.3 is 0 Å². The molecule has 0 aliphatic rings. The van der Waals surface area contributed by atoms with E-state index in [0.29, 0.717) is 6.42 Å². The molecule has 1 heteroatoms. The van der Waals surface area contributed by atoms with Gasteiger partial charge in [-0.15, -0.1) is 5.92 Å². The lowest BCUT2D eigenvalue weighted by molar-refractivity contribution is 0.737. The smallest absolute Gasteiger partial charge is 0.0869 e. The summed E-state index contributed by atoms with van der Waals surface area (Å²) in [5.41, 5.74) is 6.04. The molecule has 1 nitrogen and oxygen atoms in total. The van der Waals surface area contributed by atoms with E-state index >= 15 is 0 Å². The third kappa shape index (κ3) is 8.53. The Morgan fingerprint density at radius 3 is 1.94 bits per heavy atom. The van der Waals surface area contributed by atoms with Gasteiger partial charge in [0, 0.05) is 30.4 Å². The number of benzene rings is 2. The first-order valence-corrected chi connectivity index (χ1v) is 12.9. The van der Waals surface area contributed by atoms with E-state index in [-0.39, 0.29) is 0 Å². The van der Waals surface area contributed by atoms with Gasteiger partial charge in [-0.1, -0.05) is 118 Å². The van der Waals surface area contributed by atoms with Crippen LogP contribution in [0.1, 0.15) is 76.3 Å². The van der Waals surface area contributed by atoms with Crippen LogP contribution in [0.3, 0.4) is 0 Å². The van der Waals surface area contributed by atoms with Crippen LogP contribution in [0.4, 0.5) is 0 Å². The van der Waals surface area contributed by atoms with Crippen molar-refractivity contribution in [1.29, 1.82) is 0 Å². The summed E-state index contributed by atoms with van der Waals surface area (Å²) in [6, 6.07) is 22.8. The number of hydrogen-bond donors (Lipinski definition) is 0. The highest BCUT2D eigenvalue weighted by Gasteiger charge is 2.13. The van der Waals surface area contributed by atoms with E-state index in [0.717, 1.165) is 59.3 Å². The summed E-state index contributed by atoms with van der Waals surface area (Å²) >= 11 is 0. The zero-order valence-corrected chi connectivity index (χ0v) is 21.2. The highest BCUT2D eigenvalue weighted by Crippen LogP contribution is 2.29. The molecule has 0 radical (unpaired) electrons. The number of pyridine rings is 1. The zero-order valence-electron chi connectivity index (χ0n) is 21.2. The Morgan fingerprint density at radius 2 is 1.29 bits per heavy atom. The first kappa shape index (κ1) is 25.9. The van der Waals surface area contributed by atoms with Gasteiger partial charge >= 0.3 is 0 Å². The van der Waals surface area contributed by atoms with Crippen molar-refractivity contribution < 1.29 is 0 Å². The summed E-state index contributed by atoms with van der Waals surface area (Å²) < 4.78 is 0. The second-order valence-electron chi connectivity index (χ2n) is 8.62. The average Bonchev–Trinajstić information content (AvgIpc) is 2.91. The lowest BCUT2D eigenvalue weighted by Gasteiger charge is -2.12. The maximum Gasteiger partial charge on any atom is 0.0869 e. The number of rotatable bonds is 9. The van der Waals surface area contributed by atoms with Crippen LogP contribution in [0.15, 0.2) is 66.7 Å². The maximum atomic E-state index is 5.08. The topological polar surface area (TPSA) is 12.9 Å². The highest BCUT2D eigenvalue weighted by atomic mass is 14.7. The summed E-state index contributed by atoms with van der Waals surface area (Å²) in [6.07, 6.45) is 9.65. The van der Waals surface area contributed by atoms with Gasteiger partial charge in [-0.05, 0) is 36.3 Å². The fourth-order valence-electron chi connectivity index (χ4n) is 3.81. The van der Waals surface area contributed by atoms with Crippen LogP contribution in [-0.2, 0) is 6.42 Å². The van der Waals surface area contributed by atoms with Crippen molar-refractivity contribution in [2.45, 2.75) is 71.6 Å². The number of unbranched alkanes of at least 4 members (excludes halogenated alkanes) is 6. The fourth-order valence-corrected chi connectivity index (χ4v) is 3.81. The van der Waals surface area contributed by atoms with Gasteiger partial charge in [0.1, 0.15) is 0 Å². The van der Waals surface area contributed by atoms with Crippen LogP contribution in [0, 0.1) is 35.5 Å². The van der Waals surface area contributed by atoms with Gasteiger partial charge in [0.15, 0.2) is 0 Å². The molecule has 3 rings (SSSR count). The summed E-state index contributed by atoms with van der Waals surface area (Å²) in [7, 11) is 0. The quantitative estimate of drug-likeness (QED) is 0.232. The molecule has 0 aliphatic heterocycles. The van der Waals surface area contributed by atoms with E-state index in [1.54, 1.807) is 0 Å². The Hall–Kier alpha value is -3.73. The van der Waals surface area contributed by atoms with Crippen molar-refractivity contribution in [3.63, 3.8) is 0 Å². The van der Waals surface area contributed by atoms with Gasteiger partial charge in [0.25, 0.3) is 0 Å². The molecule has 176 valence electrons. The van der Waals surface area contributed by atoms with Crippen molar-refractivity contribution in [3.05, 3.63) is 77.9 Å². The van der Waals surface area contributed by atoms with Crippen molar-refractivity contribution >= 4 is 0 Å². The summed E-state index contributed by atoms with van der Waals surface area (Å²) in [5.74, 6) is 19.5. The van der Waals surface area contributed by atoms with Gasteiger partial charge in [-0.3, -0.25) is 0 Å². The van der Waals surface area contributed by atoms with E-state index in [1.165, 1.54) is 25.7 Å². The van der Waals surface area contributed by atoms with Crippen LogP contribution in [0.2, 0.25) is 0 Å². The van der Waals surface area contributed by atoms with Crippen LogP contribution >= 0.6 is 0 Å². The first-order valence-electron chi connectivity index (χ1n) is 12.9. The molecular formula is C34H35N. The molecule has 0 N–H and O–H groups in total. The van der Waals surface area contributed by atoms with Crippen molar-refractivity contribution in [2.24, 2.45) is 0 Å². The molecule has 0 fully saturated rings. The minimum absolute atomic E-state index is 0.655. The monoisotopic (exact) mass is 457 g/mol. The Morgan fingerprint density at radius 1 is 0.657 bits per heavy atom. The van der Waals surface area contributed by atoms with E-state index in [4.69, 9.17) is 4.98 Å². The maximum absolute atomic E-state index is 5.08. The number of hydrogen-bond acceptors (Lipinski definition) is 1. The molecule has 0 amide bonds. The van der Waals surface area contributed by atoms with E-state index < -0.39 is 0 Å². The molecule has 0 unspecified atom stereocenters. The van der Waals surface area contributed by atoms with E-state index in [1.807, 2.05) is 36.4 Å². The third-order valence-corrected chi connectivity index (χ3v) is 5.77. The highest BCUT2D eigenvalue weighted by molar-refractivity contribution is 5.74. The van der Waals surface area contributed by atoms with Gasteiger partial charge in [0.05, 0.1) is 17.0 Å². The zero-order chi connectivity index (χ0) is 24.6. The fraction of sp³-hybridized carbons (Fsp3) is 0.324. The van der Waals surface area contributed by atoms with Crippen LogP contribution in [0.5, 0.6) is 0 Å². The predicted octanol–water partition coefficient (Wildman–Crippen LogP) is 8.48. The van der Waals surface area contributed by atoms with Crippen LogP contribution in [-0.4, -0.2) is 4.98 Å².